The van der Waals surface area contributed by atoms with Crippen molar-refractivity contribution in [3.63, 3.8) is 0 Å². The Morgan fingerprint density at radius 2 is 2.14 bits per heavy atom. The molecule has 1 heterocycles. The highest BCUT2D eigenvalue weighted by Gasteiger charge is 2.29. The van der Waals surface area contributed by atoms with Gasteiger partial charge in [0.05, 0.1) is 17.8 Å². The van der Waals surface area contributed by atoms with Crippen molar-refractivity contribution in [2.24, 2.45) is 0 Å². The molecule has 1 aromatic rings. The fraction of sp³-hybridized carbons (Fsp3) is 0.455. The summed E-state index contributed by atoms with van der Waals surface area (Å²) < 4.78 is 18.8. The molecule has 2 nitrogen and oxygen atoms in total. The highest BCUT2D eigenvalue weighted by molar-refractivity contribution is 5.47. The molecule has 0 amide bonds. The van der Waals surface area contributed by atoms with Crippen LogP contribution >= 0.6 is 0 Å². The molecule has 76 valence electrons. The minimum atomic E-state index is -1.19. The SMILES string of the molecule is CC(C)(O)c1c(F)ccc2c1OCC2. The van der Waals surface area contributed by atoms with Crippen LogP contribution in [0.25, 0.3) is 0 Å². The van der Waals surface area contributed by atoms with Crippen molar-refractivity contribution in [2.45, 2.75) is 25.9 Å². The van der Waals surface area contributed by atoms with E-state index < -0.39 is 11.4 Å². The molecule has 0 unspecified atom stereocenters. The summed E-state index contributed by atoms with van der Waals surface area (Å²) in [6, 6.07) is 3.10. The Hall–Kier alpha value is -1.09. The highest BCUT2D eigenvalue weighted by Crippen LogP contribution is 2.37. The topological polar surface area (TPSA) is 29.5 Å². The molecule has 0 saturated heterocycles. The van der Waals surface area contributed by atoms with Gasteiger partial charge in [0.1, 0.15) is 11.6 Å². The smallest absolute Gasteiger partial charge is 0.133 e. The summed E-state index contributed by atoms with van der Waals surface area (Å²) in [5, 5.41) is 9.81. The zero-order valence-corrected chi connectivity index (χ0v) is 8.30. The van der Waals surface area contributed by atoms with Crippen LogP contribution in [0, 0.1) is 5.82 Å². The van der Waals surface area contributed by atoms with E-state index in [2.05, 4.69) is 0 Å². The third kappa shape index (κ3) is 1.38. The maximum absolute atomic E-state index is 13.5. The van der Waals surface area contributed by atoms with Crippen molar-refractivity contribution >= 4 is 0 Å². The quantitative estimate of drug-likeness (QED) is 0.744. The number of aliphatic hydroxyl groups is 1. The molecule has 2 rings (SSSR count). The van der Waals surface area contributed by atoms with Crippen LogP contribution in [0.2, 0.25) is 0 Å². The predicted molar refractivity (Wildman–Crippen MR) is 50.8 cm³/mol. The molecule has 1 aliphatic rings. The molecule has 3 heteroatoms. The van der Waals surface area contributed by atoms with Gasteiger partial charge in [-0.2, -0.15) is 0 Å². The largest absolute Gasteiger partial charge is 0.492 e. The Labute approximate surface area is 82.3 Å². The van der Waals surface area contributed by atoms with E-state index in [4.69, 9.17) is 4.74 Å². The van der Waals surface area contributed by atoms with Crippen LogP contribution in [-0.2, 0) is 12.0 Å². The summed E-state index contributed by atoms with van der Waals surface area (Å²) in [6.45, 7) is 3.70. The maximum atomic E-state index is 13.5. The van der Waals surface area contributed by atoms with Gasteiger partial charge in [0, 0.05) is 6.42 Å². The lowest BCUT2D eigenvalue weighted by Gasteiger charge is -2.21. The van der Waals surface area contributed by atoms with Gasteiger partial charge in [-0.1, -0.05) is 6.07 Å². The molecule has 1 aliphatic heterocycles. The fourth-order valence-electron chi connectivity index (χ4n) is 1.80. The van der Waals surface area contributed by atoms with E-state index in [1.54, 1.807) is 19.9 Å². The van der Waals surface area contributed by atoms with Gasteiger partial charge < -0.3 is 9.84 Å². The van der Waals surface area contributed by atoms with Crippen LogP contribution in [0.15, 0.2) is 12.1 Å². The van der Waals surface area contributed by atoms with E-state index in [1.807, 2.05) is 0 Å². The first-order chi connectivity index (χ1) is 6.50. The third-order valence-electron chi connectivity index (χ3n) is 2.42. The van der Waals surface area contributed by atoms with E-state index in [0.29, 0.717) is 12.4 Å². The van der Waals surface area contributed by atoms with Gasteiger partial charge in [0.15, 0.2) is 0 Å². The molecule has 0 bridgehead atoms. The van der Waals surface area contributed by atoms with Gasteiger partial charge >= 0.3 is 0 Å². The second kappa shape index (κ2) is 2.95. The maximum Gasteiger partial charge on any atom is 0.133 e. The van der Waals surface area contributed by atoms with E-state index in [0.717, 1.165) is 12.0 Å². The van der Waals surface area contributed by atoms with Gasteiger partial charge in [-0.15, -0.1) is 0 Å². The number of hydrogen-bond acceptors (Lipinski definition) is 2. The Morgan fingerprint density at radius 3 is 2.79 bits per heavy atom. The molecule has 0 spiro atoms. The molecular formula is C11H13FO2. The molecule has 1 aromatic carbocycles. The summed E-state index contributed by atoms with van der Waals surface area (Å²) >= 11 is 0. The first kappa shape index (κ1) is 9.46. The molecule has 0 aliphatic carbocycles. The Kier molecular flexibility index (Phi) is 2.00. The van der Waals surface area contributed by atoms with Crippen LogP contribution in [0.5, 0.6) is 5.75 Å². The Bertz CT molecular complexity index is 366. The average molecular weight is 196 g/mol. The predicted octanol–water partition coefficient (Wildman–Crippen LogP) is 1.99. The summed E-state index contributed by atoms with van der Waals surface area (Å²) in [4.78, 5) is 0. The second-order valence-electron chi connectivity index (χ2n) is 4.07. The van der Waals surface area contributed by atoms with Crippen molar-refractivity contribution in [1.29, 1.82) is 0 Å². The number of benzene rings is 1. The van der Waals surface area contributed by atoms with Crippen LogP contribution < -0.4 is 4.74 Å². The minimum Gasteiger partial charge on any atom is -0.492 e. The summed E-state index contributed by atoms with van der Waals surface area (Å²) in [7, 11) is 0. The average Bonchev–Trinajstić information content (AvgIpc) is 2.48. The third-order valence-corrected chi connectivity index (χ3v) is 2.42. The first-order valence-electron chi connectivity index (χ1n) is 4.67. The molecule has 14 heavy (non-hydrogen) atoms. The lowest BCUT2D eigenvalue weighted by Crippen LogP contribution is -2.18. The van der Waals surface area contributed by atoms with Gasteiger partial charge in [-0.3, -0.25) is 0 Å². The fourth-order valence-corrected chi connectivity index (χ4v) is 1.80. The first-order valence-corrected chi connectivity index (χ1v) is 4.67. The lowest BCUT2D eigenvalue weighted by molar-refractivity contribution is 0.0713. The number of hydrogen-bond donors (Lipinski definition) is 1. The van der Waals surface area contributed by atoms with Gasteiger partial charge in [-0.05, 0) is 25.5 Å². The van der Waals surface area contributed by atoms with E-state index >= 15 is 0 Å². The number of rotatable bonds is 1. The molecular weight excluding hydrogens is 183 g/mol. The summed E-state index contributed by atoms with van der Waals surface area (Å²) in [5.41, 5.74) is 0.0516. The summed E-state index contributed by atoms with van der Waals surface area (Å²) in [6.07, 6.45) is 0.790. The normalized spacial score (nSPS) is 15.1. The number of ether oxygens (including phenoxy) is 1. The van der Waals surface area contributed by atoms with Crippen LogP contribution in [0.4, 0.5) is 4.39 Å². The van der Waals surface area contributed by atoms with E-state index in [9.17, 15) is 9.50 Å². The van der Waals surface area contributed by atoms with Crippen molar-refractivity contribution in [2.75, 3.05) is 6.61 Å². The van der Waals surface area contributed by atoms with Gasteiger partial charge in [-0.25, -0.2) is 4.39 Å². The zero-order chi connectivity index (χ0) is 10.3. The lowest BCUT2D eigenvalue weighted by atomic mass is 9.94. The van der Waals surface area contributed by atoms with Crippen molar-refractivity contribution < 1.29 is 14.2 Å². The monoisotopic (exact) mass is 196 g/mol. The van der Waals surface area contributed by atoms with E-state index in [-0.39, 0.29) is 5.56 Å². The number of fused-ring (bicyclic) bond motifs is 1. The molecule has 0 radical (unpaired) electrons. The molecule has 1 N–H and O–H groups in total. The Balaban J connectivity index is 2.63. The van der Waals surface area contributed by atoms with Crippen molar-refractivity contribution in [3.8, 4) is 5.75 Å². The van der Waals surface area contributed by atoms with E-state index in [1.165, 1.54) is 6.07 Å². The van der Waals surface area contributed by atoms with Gasteiger partial charge in [0.25, 0.3) is 0 Å². The molecule has 0 atom stereocenters. The van der Waals surface area contributed by atoms with Crippen LogP contribution in [0.1, 0.15) is 25.0 Å². The van der Waals surface area contributed by atoms with Gasteiger partial charge in [0.2, 0.25) is 0 Å². The minimum absolute atomic E-state index is 0.271. The van der Waals surface area contributed by atoms with Crippen molar-refractivity contribution in [3.05, 3.63) is 29.1 Å². The standard InChI is InChI=1S/C11H13FO2/c1-11(2,13)9-8(12)4-3-7-5-6-14-10(7)9/h3-4,13H,5-6H2,1-2H3. The summed E-state index contributed by atoms with van der Waals surface area (Å²) in [5.74, 6) is 0.121. The van der Waals surface area contributed by atoms with Crippen LogP contribution in [0.3, 0.4) is 0 Å². The second-order valence-corrected chi connectivity index (χ2v) is 4.07. The molecule has 0 fully saturated rings. The van der Waals surface area contributed by atoms with Crippen molar-refractivity contribution in [1.82, 2.24) is 0 Å². The molecule has 0 saturated carbocycles. The molecule has 0 aromatic heterocycles. The Morgan fingerprint density at radius 1 is 1.43 bits per heavy atom. The zero-order valence-electron chi connectivity index (χ0n) is 8.30. The highest BCUT2D eigenvalue weighted by atomic mass is 19.1. The van der Waals surface area contributed by atoms with Crippen LogP contribution in [-0.4, -0.2) is 11.7 Å². The number of halogens is 1.